The van der Waals surface area contributed by atoms with Crippen LogP contribution in [0.3, 0.4) is 0 Å². The minimum absolute atomic E-state index is 0.0932. The van der Waals surface area contributed by atoms with Crippen molar-refractivity contribution in [2.24, 2.45) is 11.0 Å². The lowest BCUT2D eigenvalue weighted by Crippen LogP contribution is -2.48. The topological polar surface area (TPSA) is 89.0 Å². The van der Waals surface area contributed by atoms with E-state index < -0.39 is 17.9 Å². The highest BCUT2D eigenvalue weighted by atomic mass is 79.9. The molecule has 7 nitrogen and oxygen atoms in total. The van der Waals surface area contributed by atoms with Crippen LogP contribution >= 0.6 is 27.5 Å². The number of nitrogens with zero attached hydrogens (tertiary/aromatic N) is 1. The average Bonchev–Trinajstić information content (AvgIpc) is 2.75. The first-order valence-electron chi connectivity index (χ1n) is 9.60. The van der Waals surface area contributed by atoms with E-state index >= 15 is 0 Å². The number of hydrogen-bond acceptors (Lipinski definition) is 5. The summed E-state index contributed by atoms with van der Waals surface area (Å²) in [6, 6.07) is 9.13. The fourth-order valence-corrected chi connectivity index (χ4v) is 3.46. The minimum atomic E-state index is -0.792. The quantitative estimate of drug-likeness (QED) is 0.297. The molecule has 1 atom stereocenters. The van der Waals surface area contributed by atoms with Gasteiger partial charge in [-0.3, -0.25) is 9.59 Å². The molecule has 0 aliphatic rings. The molecule has 0 heterocycles. The van der Waals surface area contributed by atoms with Crippen LogP contribution < -0.4 is 20.2 Å². The molecule has 0 saturated heterocycles. The van der Waals surface area contributed by atoms with Gasteiger partial charge in [0, 0.05) is 10.6 Å². The van der Waals surface area contributed by atoms with Gasteiger partial charge in [0.05, 0.1) is 17.8 Å². The number of hydrazone groups is 1. The zero-order chi connectivity index (χ0) is 23.7. The lowest BCUT2D eigenvalue weighted by molar-refractivity contribution is -0.123. The first-order chi connectivity index (χ1) is 15.3. The van der Waals surface area contributed by atoms with E-state index in [1.54, 1.807) is 30.3 Å². The first kappa shape index (κ1) is 25.2. The molecule has 168 valence electrons. The summed E-state index contributed by atoms with van der Waals surface area (Å²) in [6.07, 6.45) is 6.68. The fourth-order valence-electron chi connectivity index (χ4n) is 2.70. The molecule has 2 amide bonds. The smallest absolute Gasteiger partial charge is 0.262 e. The summed E-state index contributed by atoms with van der Waals surface area (Å²) in [4.78, 5) is 25.1. The summed E-state index contributed by atoms with van der Waals surface area (Å²) in [5.41, 5.74) is 3.47. The largest absolute Gasteiger partial charge is 0.493 e. The minimum Gasteiger partial charge on any atom is -0.493 e. The standard InChI is InChI=1S/C23H23BrClN3O4/c1-5-9-32-21-18(24)10-15(11-19(21)31-4)13-26-28-23(30)20(14(2)3)27-22(29)16-7-6-8-17(25)12-16/h1,6-8,10-14,20H,9H2,2-4H3,(H,27,29)(H,28,30)/b26-13-. The summed E-state index contributed by atoms with van der Waals surface area (Å²) in [5.74, 6) is 2.29. The molecule has 0 spiro atoms. The lowest BCUT2D eigenvalue weighted by atomic mass is 10.0. The fraction of sp³-hybridized carbons (Fsp3) is 0.261. The van der Waals surface area contributed by atoms with Crippen LogP contribution in [0.5, 0.6) is 11.5 Å². The van der Waals surface area contributed by atoms with Gasteiger partial charge in [-0.2, -0.15) is 5.10 Å². The number of rotatable bonds is 9. The number of carbonyl (C=O) groups is 2. The molecular formula is C23H23BrClN3O4. The van der Waals surface area contributed by atoms with Gasteiger partial charge >= 0.3 is 0 Å². The van der Waals surface area contributed by atoms with E-state index in [1.807, 2.05) is 13.8 Å². The van der Waals surface area contributed by atoms with E-state index in [-0.39, 0.29) is 12.5 Å². The molecule has 0 aromatic heterocycles. The Kier molecular flexibility index (Phi) is 9.57. The van der Waals surface area contributed by atoms with Crippen molar-refractivity contribution in [2.45, 2.75) is 19.9 Å². The lowest BCUT2D eigenvalue weighted by Gasteiger charge is -2.20. The van der Waals surface area contributed by atoms with E-state index in [0.29, 0.717) is 32.1 Å². The molecule has 9 heteroatoms. The number of carbonyl (C=O) groups excluding carboxylic acids is 2. The van der Waals surface area contributed by atoms with Crippen molar-refractivity contribution in [3.05, 3.63) is 57.0 Å². The molecular weight excluding hydrogens is 498 g/mol. The maximum Gasteiger partial charge on any atom is 0.262 e. The Hall–Kier alpha value is -3.02. The van der Waals surface area contributed by atoms with Gasteiger partial charge in [-0.25, -0.2) is 5.43 Å². The molecule has 2 aromatic carbocycles. The SMILES string of the molecule is C#CCOc1c(Br)cc(/C=N\NC(=O)C(NC(=O)c2cccc(Cl)c2)C(C)C)cc1OC. The molecule has 2 rings (SSSR count). The summed E-state index contributed by atoms with van der Waals surface area (Å²) in [6.45, 7) is 3.74. The van der Waals surface area contributed by atoms with E-state index in [0.717, 1.165) is 0 Å². The number of amides is 2. The summed E-state index contributed by atoms with van der Waals surface area (Å²) in [7, 11) is 1.50. The zero-order valence-corrected chi connectivity index (χ0v) is 20.2. The van der Waals surface area contributed by atoms with Gasteiger partial charge in [-0.05, 0) is 57.7 Å². The second-order valence-corrected chi connectivity index (χ2v) is 8.26. The molecule has 2 aromatic rings. The van der Waals surface area contributed by atoms with Crippen molar-refractivity contribution in [1.29, 1.82) is 0 Å². The Labute approximate surface area is 200 Å². The second kappa shape index (κ2) is 12.1. The number of halogens is 2. The molecule has 32 heavy (non-hydrogen) atoms. The molecule has 2 N–H and O–H groups in total. The molecule has 0 fully saturated rings. The van der Waals surface area contributed by atoms with Crippen molar-refractivity contribution < 1.29 is 19.1 Å². The van der Waals surface area contributed by atoms with Crippen LogP contribution in [0.25, 0.3) is 0 Å². The van der Waals surface area contributed by atoms with Crippen LogP contribution in [-0.4, -0.2) is 37.8 Å². The Morgan fingerprint density at radius 1 is 1.31 bits per heavy atom. The first-order valence-corrected chi connectivity index (χ1v) is 10.8. The Bertz CT molecular complexity index is 1050. The molecule has 1 unspecified atom stereocenters. The van der Waals surface area contributed by atoms with Crippen LogP contribution in [0, 0.1) is 18.3 Å². The normalized spacial score (nSPS) is 11.7. The predicted octanol–water partition coefficient (Wildman–Crippen LogP) is 4.03. The third kappa shape index (κ3) is 7.01. The van der Waals surface area contributed by atoms with E-state index in [9.17, 15) is 9.59 Å². The highest BCUT2D eigenvalue weighted by Crippen LogP contribution is 2.36. The van der Waals surface area contributed by atoms with E-state index in [1.165, 1.54) is 19.4 Å². The molecule has 0 aliphatic heterocycles. The maximum atomic E-state index is 12.6. The van der Waals surface area contributed by atoms with Crippen molar-refractivity contribution >= 4 is 45.6 Å². The monoisotopic (exact) mass is 519 g/mol. The zero-order valence-electron chi connectivity index (χ0n) is 17.8. The molecule has 0 saturated carbocycles. The van der Waals surface area contributed by atoms with Crippen LogP contribution in [-0.2, 0) is 4.79 Å². The van der Waals surface area contributed by atoms with Crippen molar-refractivity contribution in [3.8, 4) is 23.8 Å². The third-order valence-electron chi connectivity index (χ3n) is 4.26. The van der Waals surface area contributed by atoms with Crippen LogP contribution in [0.2, 0.25) is 5.02 Å². The van der Waals surface area contributed by atoms with Gasteiger partial charge in [0.2, 0.25) is 0 Å². The van der Waals surface area contributed by atoms with Gasteiger partial charge in [-0.1, -0.05) is 37.4 Å². The van der Waals surface area contributed by atoms with E-state index in [2.05, 4.69) is 37.7 Å². The number of methoxy groups -OCH3 is 1. The number of nitrogens with one attached hydrogen (secondary N) is 2. The molecule has 0 bridgehead atoms. The van der Waals surface area contributed by atoms with Crippen LogP contribution in [0.1, 0.15) is 29.8 Å². The highest BCUT2D eigenvalue weighted by molar-refractivity contribution is 9.10. The third-order valence-corrected chi connectivity index (χ3v) is 5.09. The Balaban J connectivity index is 2.09. The second-order valence-electron chi connectivity index (χ2n) is 6.97. The van der Waals surface area contributed by atoms with Crippen molar-refractivity contribution in [1.82, 2.24) is 10.7 Å². The van der Waals surface area contributed by atoms with E-state index in [4.69, 9.17) is 27.5 Å². The maximum absolute atomic E-state index is 12.6. The van der Waals surface area contributed by atoms with Crippen LogP contribution in [0.4, 0.5) is 0 Å². The number of terminal acetylenes is 1. The number of benzene rings is 2. The highest BCUT2D eigenvalue weighted by Gasteiger charge is 2.24. The Morgan fingerprint density at radius 2 is 2.06 bits per heavy atom. The van der Waals surface area contributed by atoms with Gasteiger partial charge < -0.3 is 14.8 Å². The van der Waals surface area contributed by atoms with Crippen molar-refractivity contribution in [2.75, 3.05) is 13.7 Å². The summed E-state index contributed by atoms with van der Waals surface area (Å²) < 4.78 is 11.4. The number of ether oxygens (including phenoxy) is 2. The van der Waals surface area contributed by atoms with Gasteiger partial charge in [-0.15, -0.1) is 6.42 Å². The van der Waals surface area contributed by atoms with Gasteiger partial charge in [0.15, 0.2) is 11.5 Å². The number of hydrogen-bond donors (Lipinski definition) is 2. The average molecular weight is 521 g/mol. The summed E-state index contributed by atoms with van der Waals surface area (Å²) in [5, 5.41) is 7.16. The Morgan fingerprint density at radius 3 is 2.69 bits per heavy atom. The van der Waals surface area contributed by atoms with Crippen molar-refractivity contribution in [3.63, 3.8) is 0 Å². The van der Waals surface area contributed by atoms with Crippen LogP contribution in [0.15, 0.2) is 46.0 Å². The molecule has 0 radical (unpaired) electrons. The van der Waals surface area contributed by atoms with Gasteiger partial charge in [0.1, 0.15) is 12.6 Å². The molecule has 0 aliphatic carbocycles. The van der Waals surface area contributed by atoms with Gasteiger partial charge in [0.25, 0.3) is 11.8 Å². The predicted molar refractivity (Wildman–Crippen MR) is 128 cm³/mol. The summed E-state index contributed by atoms with van der Waals surface area (Å²) >= 11 is 9.34.